The maximum absolute atomic E-state index is 12.2. The highest BCUT2D eigenvalue weighted by atomic mass is 16.6. The Kier molecular flexibility index (Phi) is 7.66. The van der Waals surface area contributed by atoms with Gasteiger partial charge in [-0.15, -0.1) is 0 Å². The van der Waals surface area contributed by atoms with Crippen molar-refractivity contribution in [2.45, 2.75) is 51.2 Å². The summed E-state index contributed by atoms with van der Waals surface area (Å²) >= 11 is 0. The molecule has 1 saturated heterocycles. The molecule has 1 aliphatic heterocycles. The minimum Gasteiger partial charge on any atom is -0.446 e. The molecule has 37 heavy (non-hydrogen) atoms. The van der Waals surface area contributed by atoms with Crippen molar-refractivity contribution >= 4 is 34.8 Å². The van der Waals surface area contributed by atoms with Crippen molar-refractivity contribution in [2.75, 3.05) is 48.5 Å². The molecule has 2 aliphatic carbocycles. The van der Waals surface area contributed by atoms with Gasteiger partial charge in [-0.3, -0.25) is 5.32 Å². The predicted molar refractivity (Wildman–Crippen MR) is 148 cm³/mol. The largest absolute Gasteiger partial charge is 0.446 e. The number of anilines is 3. The molecule has 0 aromatic heterocycles. The molecule has 0 spiro atoms. The van der Waals surface area contributed by atoms with Crippen LogP contribution in [0.15, 0.2) is 42.5 Å². The Morgan fingerprint density at radius 1 is 1.16 bits per heavy atom. The fourth-order valence-electron chi connectivity index (χ4n) is 5.01. The molecule has 2 saturated carbocycles. The van der Waals surface area contributed by atoms with Gasteiger partial charge in [0.15, 0.2) is 0 Å². The Hall–Kier alpha value is -3.50. The topological polar surface area (TPSA) is 77.8 Å². The number of carbonyl (C=O) groups excluding carboxylic acids is 1. The zero-order valence-corrected chi connectivity index (χ0v) is 21.8. The molecule has 1 unspecified atom stereocenters. The molecule has 1 amide bonds. The van der Waals surface area contributed by atoms with Gasteiger partial charge in [0.05, 0.1) is 24.9 Å². The average Bonchev–Trinajstić information content (AvgIpc) is 3.73. The predicted octanol–water partition coefficient (Wildman–Crippen LogP) is 5.92. The minimum atomic E-state index is -0.427. The van der Waals surface area contributed by atoms with E-state index in [0.717, 1.165) is 48.4 Å². The summed E-state index contributed by atoms with van der Waals surface area (Å²) in [7, 11) is 2.13. The van der Waals surface area contributed by atoms with E-state index in [-0.39, 0.29) is 6.10 Å². The lowest BCUT2D eigenvalue weighted by Crippen LogP contribution is -2.38. The van der Waals surface area contributed by atoms with Crippen LogP contribution in [-0.2, 0) is 9.47 Å². The van der Waals surface area contributed by atoms with E-state index in [1.54, 1.807) is 0 Å². The van der Waals surface area contributed by atoms with Crippen LogP contribution in [0.5, 0.6) is 0 Å². The first-order valence-corrected chi connectivity index (χ1v) is 13.4. The van der Waals surface area contributed by atoms with Gasteiger partial charge in [0, 0.05) is 48.8 Å². The van der Waals surface area contributed by atoms with Crippen LogP contribution in [0, 0.1) is 17.2 Å². The maximum Gasteiger partial charge on any atom is 0.411 e. The van der Waals surface area contributed by atoms with Crippen molar-refractivity contribution in [1.82, 2.24) is 0 Å². The summed E-state index contributed by atoms with van der Waals surface area (Å²) in [5, 5.41) is 13.0. The molecule has 3 fully saturated rings. The normalized spacial score (nSPS) is 18.9. The number of nitriles is 1. The van der Waals surface area contributed by atoms with Gasteiger partial charge in [-0.1, -0.05) is 12.1 Å². The van der Waals surface area contributed by atoms with E-state index in [4.69, 9.17) is 9.47 Å². The maximum atomic E-state index is 12.2. The number of morpholine rings is 1. The van der Waals surface area contributed by atoms with E-state index >= 15 is 0 Å². The highest BCUT2D eigenvalue weighted by Gasteiger charge is 2.30. The second-order valence-corrected chi connectivity index (χ2v) is 10.4. The second kappa shape index (κ2) is 11.3. The van der Waals surface area contributed by atoms with Crippen LogP contribution in [0.3, 0.4) is 0 Å². The van der Waals surface area contributed by atoms with E-state index in [9.17, 15) is 10.1 Å². The molecule has 1 N–H and O–H groups in total. The smallest absolute Gasteiger partial charge is 0.411 e. The molecule has 0 bridgehead atoms. The van der Waals surface area contributed by atoms with Crippen LogP contribution in [0.25, 0.3) is 11.6 Å². The van der Waals surface area contributed by atoms with Crippen LogP contribution in [-0.4, -0.2) is 51.6 Å². The number of rotatable bonds is 8. The highest BCUT2D eigenvalue weighted by molar-refractivity contribution is 5.95. The van der Waals surface area contributed by atoms with Crippen LogP contribution in [0.4, 0.5) is 21.9 Å². The lowest BCUT2D eigenvalue weighted by atomic mass is 9.90. The molecule has 7 nitrogen and oxygen atoms in total. The number of allylic oxidation sites excluding steroid dienone is 1. The molecule has 2 aromatic rings. The molecular formula is C30H36N4O3. The number of nitrogens with zero attached hydrogens (tertiary/aromatic N) is 3. The first-order chi connectivity index (χ1) is 18.0. The Labute approximate surface area is 219 Å². The summed E-state index contributed by atoms with van der Waals surface area (Å²) in [6.45, 7) is 5.07. The lowest BCUT2D eigenvalue weighted by molar-refractivity contribution is 0.108. The number of nitrogens with one attached hydrogen (secondary N) is 1. The molecular weight excluding hydrogens is 464 g/mol. The molecule has 0 radical (unpaired) electrons. The third-order valence-corrected chi connectivity index (χ3v) is 7.82. The van der Waals surface area contributed by atoms with Crippen LogP contribution >= 0.6 is 0 Å². The van der Waals surface area contributed by atoms with Crippen LogP contribution in [0.2, 0.25) is 0 Å². The minimum absolute atomic E-state index is 0.0547. The van der Waals surface area contributed by atoms with Gasteiger partial charge in [0.1, 0.15) is 6.10 Å². The van der Waals surface area contributed by atoms with Crippen molar-refractivity contribution in [3.05, 3.63) is 53.6 Å². The number of amides is 1. The molecule has 194 valence electrons. The molecule has 2 aromatic carbocycles. The number of ether oxygens (including phenoxy) is 2. The van der Waals surface area contributed by atoms with Gasteiger partial charge in [-0.2, -0.15) is 5.26 Å². The molecule has 5 rings (SSSR count). The molecule has 1 heterocycles. The first-order valence-electron chi connectivity index (χ1n) is 13.4. The lowest BCUT2D eigenvalue weighted by Gasteiger charge is -2.38. The number of hydrogen-bond donors (Lipinski definition) is 1. The summed E-state index contributed by atoms with van der Waals surface area (Å²) in [6, 6.07) is 17.0. The molecule has 7 heteroatoms. The molecule has 3 aliphatic rings. The monoisotopic (exact) mass is 500 g/mol. The van der Waals surface area contributed by atoms with Crippen molar-refractivity contribution in [2.24, 2.45) is 5.92 Å². The van der Waals surface area contributed by atoms with E-state index in [1.165, 1.54) is 19.3 Å². The van der Waals surface area contributed by atoms with E-state index in [0.29, 0.717) is 36.4 Å². The van der Waals surface area contributed by atoms with Crippen molar-refractivity contribution in [1.29, 1.82) is 5.26 Å². The van der Waals surface area contributed by atoms with Gasteiger partial charge < -0.3 is 19.3 Å². The molecule has 1 atom stereocenters. The Balaban J connectivity index is 1.37. The summed E-state index contributed by atoms with van der Waals surface area (Å²) in [5.74, 6) is 0.498. The van der Waals surface area contributed by atoms with Gasteiger partial charge in [0.25, 0.3) is 0 Å². The SMILES string of the molecule is CC(OC(=O)Nc1ccc(/C=C(\C#N)c2cc(N3CCOCC3)ccc2N(C)C2CCC2)cc1)C1CC1. The first kappa shape index (κ1) is 25.2. The van der Waals surface area contributed by atoms with Gasteiger partial charge in [-0.25, -0.2) is 4.79 Å². The zero-order valence-electron chi connectivity index (χ0n) is 21.8. The van der Waals surface area contributed by atoms with Crippen LogP contribution in [0.1, 0.15) is 50.2 Å². The van der Waals surface area contributed by atoms with Crippen molar-refractivity contribution in [3.63, 3.8) is 0 Å². The fourth-order valence-corrected chi connectivity index (χ4v) is 5.01. The fraction of sp³-hybridized carbons (Fsp3) is 0.467. The number of carbonyl (C=O) groups is 1. The summed E-state index contributed by atoms with van der Waals surface area (Å²) < 4.78 is 11.0. The van der Waals surface area contributed by atoms with Crippen molar-refractivity contribution in [3.8, 4) is 6.07 Å². The van der Waals surface area contributed by atoms with Crippen molar-refractivity contribution < 1.29 is 14.3 Å². The summed E-state index contributed by atoms with van der Waals surface area (Å²) in [5.41, 5.74) is 5.33. The van der Waals surface area contributed by atoms with E-state index in [2.05, 4.69) is 46.4 Å². The summed E-state index contributed by atoms with van der Waals surface area (Å²) in [4.78, 5) is 16.8. The Morgan fingerprint density at radius 2 is 1.89 bits per heavy atom. The average molecular weight is 501 g/mol. The Morgan fingerprint density at radius 3 is 2.51 bits per heavy atom. The standard InChI is InChI=1S/C30H36N4O3/c1-21(23-8-9-23)37-30(35)32-25-10-6-22(7-11-25)18-24(20-31)28-19-27(34-14-16-36-17-15-34)12-13-29(28)33(2)26-4-3-5-26/h6-7,10-13,18-19,21,23,26H,3-5,8-9,14-17H2,1-2H3,(H,32,35)/b24-18+. The van der Waals surface area contributed by atoms with Gasteiger partial charge in [-0.05, 0) is 86.9 Å². The third-order valence-electron chi connectivity index (χ3n) is 7.82. The summed E-state index contributed by atoms with van der Waals surface area (Å²) in [6.07, 6.45) is 7.32. The quantitative estimate of drug-likeness (QED) is 0.358. The second-order valence-electron chi connectivity index (χ2n) is 10.4. The van der Waals surface area contributed by atoms with Crippen LogP contribution < -0.4 is 15.1 Å². The van der Waals surface area contributed by atoms with E-state index < -0.39 is 6.09 Å². The van der Waals surface area contributed by atoms with Gasteiger partial charge >= 0.3 is 6.09 Å². The number of benzene rings is 2. The van der Waals surface area contributed by atoms with E-state index in [1.807, 2.05) is 37.3 Å². The zero-order chi connectivity index (χ0) is 25.8. The van der Waals surface area contributed by atoms with Gasteiger partial charge in [0.2, 0.25) is 0 Å². The third kappa shape index (κ3) is 6.08. The number of hydrogen-bond acceptors (Lipinski definition) is 6. The Bertz CT molecular complexity index is 1170. The highest BCUT2D eigenvalue weighted by Crippen LogP contribution is 2.37.